The van der Waals surface area contributed by atoms with Crippen LogP contribution in [0.25, 0.3) is 0 Å². The molecular formula is C16H24AlLiN2O3. The monoisotopic (exact) mass is 326 g/mol. The Morgan fingerprint density at radius 3 is 2.13 bits per heavy atom. The molecule has 0 bridgehead atoms. The molecular weight excluding hydrogens is 302 g/mol. The van der Waals surface area contributed by atoms with Crippen molar-refractivity contribution in [3.63, 3.8) is 0 Å². The normalized spacial score (nSPS) is 8.70. The van der Waals surface area contributed by atoms with E-state index < -0.39 is 0 Å². The average molecular weight is 326 g/mol. The molecule has 0 fully saturated rings. The van der Waals surface area contributed by atoms with Crippen LogP contribution in [0.5, 0.6) is 0 Å². The fraction of sp³-hybridized carbons (Fsp3) is 0.312. The van der Waals surface area contributed by atoms with Crippen LogP contribution in [0, 0.1) is 13.8 Å². The number of aliphatic hydroxyl groups is 1. The molecule has 0 aliphatic rings. The predicted molar refractivity (Wildman–Crippen MR) is 90.9 cm³/mol. The van der Waals surface area contributed by atoms with Gasteiger partial charge in [-0.15, -0.1) is 0 Å². The van der Waals surface area contributed by atoms with E-state index in [1.807, 2.05) is 32.0 Å². The maximum Gasteiger partial charge on any atom is 1.00 e. The zero-order chi connectivity index (χ0) is 15.7. The van der Waals surface area contributed by atoms with Crippen molar-refractivity contribution in [1.29, 1.82) is 0 Å². The molecule has 2 aromatic rings. The van der Waals surface area contributed by atoms with Crippen LogP contribution < -0.4 is 18.9 Å². The quantitative estimate of drug-likeness (QED) is 0.542. The minimum absolute atomic E-state index is 0. The zero-order valence-electron chi connectivity index (χ0n) is 14.5. The number of pyridine rings is 2. The first-order valence-corrected chi connectivity index (χ1v) is 6.71. The molecule has 0 aliphatic heterocycles. The van der Waals surface area contributed by atoms with E-state index in [2.05, 4.69) is 9.97 Å². The standard InChI is InChI=1S/C9H11NO2.C7H9NO.Al.Li.4H/c1-3-12-9(11)8-6-4-5-7(2)10-8;1-6-3-2-4-7(5-9)8-6;;;;;;/h4-6H,3H2,1-2H3;2-4,9H,5H2,1H3;;;;;;/q;;;+1;;;;-1. The number of hydrogen-bond acceptors (Lipinski definition) is 5. The van der Waals surface area contributed by atoms with Crippen LogP contribution in [-0.2, 0) is 11.3 Å². The molecule has 120 valence electrons. The van der Waals surface area contributed by atoms with Crippen LogP contribution in [0.4, 0.5) is 0 Å². The fourth-order valence-electron chi connectivity index (χ4n) is 1.55. The number of aromatic nitrogens is 2. The molecule has 1 N–H and O–H groups in total. The van der Waals surface area contributed by atoms with Crippen LogP contribution in [0.15, 0.2) is 36.4 Å². The van der Waals surface area contributed by atoms with Gasteiger partial charge >= 0.3 is 24.8 Å². The molecule has 7 heteroatoms. The minimum atomic E-state index is -0.360. The van der Waals surface area contributed by atoms with Gasteiger partial charge in [0.1, 0.15) is 5.69 Å². The molecule has 2 heterocycles. The summed E-state index contributed by atoms with van der Waals surface area (Å²) in [5.41, 5.74) is 2.87. The van der Waals surface area contributed by atoms with Gasteiger partial charge in [0.05, 0.1) is 18.9 Å². The second-order valence-electron chi connectivity index (χ2n) is 4.31. The van der Waals surface area contributed by atoms with Crippen LogP contribution >= 0.6 is 0 Å². The maximum atomic E-state index is 11.1. The number of nitrogens with zero attached hydrogens (tertiary/aromatic N) is 2. The summed E-state index contributed by atoms with van der Waals surface area (Å²) in [5, 5.41) is 8.60. The Labute approximate surface area is 161 Å². The summed E-state index contributed by atoms with van der Waals surface area (Å²) in [4.78, 5) is 19.2. The van der Waals surface area contributed by atoms with Crippen LogP contribution in [0.3, 0.4) is 0 Å². The summed E-state index contributed by atoms with van der Waals surface area (Å²) >= 11 is 0. The van der Waals surface area contributed by atoms with Gasteiger partial charge in [-0.3, -0.25) is 4.98 Å². The van der Waals surface area contributed by atoms with Crippen molar-refractivity contribution in [2.75, 3.05) is 6.61 Å². The minimum Gasteiger partial charge on any atom is -1.00 e. The van der Waals surface area contributed by atoms with E-state index in [1.165, 1.54) is 0 Å². The largest absolute Gasteiger partial charge is 1.00 e. The van der Waals surface area contributed by atoms with Gasteiger partial charge in [-0.1, -0.05) is 12.1 Å². The van der Waals surface area contributed by atoms with Crippen molar-refractivity contribution in [3.8, 4) is 0 Å². The number of aryl methyl sites for hydroxylation is 2. The Kier molecular flexibility index (Phi) is 14.0. The van der Waals surface area contributed by atoms with E-state index in [-0.39, 0.29) is 50.2 Å². The van der Waals surface area contributed by atoms with Crippen LogP contribution in [-0.4, -0.2) is 45.0 Å². The van der Waals surface area contributed by atoms with Crippen molar-refractivity contribution in [2.24, 2.45) is 0 Å². The number of rotatable bonds is 3. The first kappa shape index (κ1) is 24.1. The number of carbonyl (C=O) groups is 1. The molecule has 5 nitrogen and oxygen atoms in total. The molecule has 0 aliphatic carbocycles. The Morgan fingerprint density at radius 1 is 1.13 bits per heavy atom. The first-order valence-electron chi connectivity index (χ1n) is 6.71. The van der Waals surface area contributed by atoms with Crippen LogP contribution in [0.2, 0.25) is 0 Å². The van der Waals surface area contributed by atoms with Crippen molar-refractivity contribution >= 4 is 23.3 Å². The fourth-order valence-corrected chi connectivity index (χ4v) is 1.55. The molecule has 0 amide bonds. The van der Waals surface area contributed by atoms with Crippen LogP contribution in [0.1, 0.15) is 35.9 Å². The molecule has 0 aromatic carbocycles. The van der Waals surface area contributed by atoms with Crippen molar-refractivity contribution in [1.82, 2.24) is 9.97 Å². The third-order valence-corrected chi connectivity index (χ3v) is 2.48. The summed E-state index contributed by atoms with van der Waals surface area (Å²) in [5.74, 6) is -0.360. The van der Waals surface area contributed by atoms with Gasteiger partial charge in [0, 0.05) is 11.4 Å². The summed E-state index contributed by atoms with van der Waals surface area (Å²) in [6, 6.07) is 10.8. The third kappa shape index (κ3) is 9.56. The van der Waals surface area contributed by atoms with E-state index in [0.717, 1.165) is 17.1 Å². The Bertz CT molecular complexity index is 603. The average Bonchev–Trinajstić information content (AvgIpc) is 2.48. The summed E-state index contributed by atoms with van der Waals surface area (Å²) in [6.45, 7) is 5.92. The van der Waals surface area contributed by atoms with Gasteiger partial charge in [-0.05, 0) is 45.0 Å². The smallest absolute Gasteiger partial charge is 1.00 e. The Morgan fingerprint density at radius 2 is 1.70 bits per heavy atom. The van der Waals surface area contributed by atoms with Crippen molar-refractivity contribution in [2.45, 2.75) is 27.4 Å². The first-order chi connectivity index (χ1) is 10.1. The number of carbonyl (C=O) groups excluding carboxylic acids is 1. The van der Waals surface area contributed by atoms with E-state index in [1.54, 1.807) is 25.1 Å². The SMILES string of the molecule is CCOC(=O)c1cccc(C)n1.Cc1cccc(CO)n1.[AlH3].[H-].[Li+]. The Hall–Kier alpha value is -1.14. The molecule has 2 aromatic heterocycles. The summed E-state index contributed by atoms with van der Waals surface area (Å²) in [7, 11) is 0. The van der Waals surface area contributed by atoms with E-state index in [0.29, 0.717) is 12.3 Å². The molecule has 0 spiro atoms. The van der Waals surface area contributed by atoms with Gasteiger partial charge < -0.3 is 11.3 Å². The number of hydrogen-bond donors (Lipinski definition) is 1. The molecule has 0 saturated carbocycles. The second kappa shape index (κ2) is 13.3. The zero-order valence-corrected chi connectivity index (χ0v) is 13.5. The molecule has 0 saturated heterocycles. The van der Waals surface area contributed by atoms with Crippen molar-refractivity contribution < 1.29 is 34.9 Å². The third-order valence-electron chi connectivity index (χ3n) is 2.48. The molecule has 23 heavy (non-hydrogen) atoms. The Balaban J connectivity index is -0.000000336. The summed E-state index contributed by atoms with van der Waals surface area (Å²) < 4.78 is 4.78. The van der Waals surface area contributed by atoms with Gasteiger partial charge in [0.25, 0.3) is 0 Å². The summed E-state index contributed by atoms with van der Waals surface area (Å²) in [6.07, 6.45) is 0. The predicted octanol–water partition coefficient (Wildman–Crippen LogP) is -1.62. The van der Waals surface area contributed by atoms with E-state index in [4.69, 9.17) is 9.84 Å². The van der Waals surface area contributed by atoms with Gasteiger partial charge in [-0.2, -0.15) is 0 Å². The van der Waals surface area contributed by atoms with Gasteiger partial charge in [-0.25, -0.2) is 9.78 Å². The van der Waals surface area contributed by atoms with Gasteiger partial charge in [0.2, 0.25) is 0 Å². The molecule has 2 rings (SSSR count). The molecule has 0 radical (unpaired) electrons. The number of aliphatic hydroxyl groups excluding tert-OH is 1. The maximum absolute atomic E-state index is 11.1. The molecule has 0 atom stereocenters. The van der Waals surface area contributed by atoms with Gasteiger partial charge in [0.15, 0.2) is 17.4 Å². The van der Waals surface area contributed by atoms with E-state index in [9.17, 15) is 4.79 Å². The van der Waals surface area contributed by atoms with E-state index >= 15 is 0 Å². The number of ether oxygens (including phenoxy) is 1. The topological polar surface area (TPSA) is 72.3 Å². The molecule has 0 unspecified atom stereocenters. The van der Waals surface area contributed by atoms with Crippen molar-refractivity contribution in [3.05, 3.63) is 59.2 Å². The second-order valence-corrected chi connectivity index (χ2v) is 4.31. The number of esters is 1.